The number of urea groups is 1. The van der Waals surface area contributed by atoms with Crippen LogP contribution in [0.15, 0.2) is 36.4 Å². The second kappa shape index (κ2) is 7.31. The van der Waals surface area contributed by atoms with E-state index in [-0.39, 0.29) is 18.7 Å². The van der Waals surface area contributed by atoms with E-state index >= 15 is 0 Å². The van der Waals surface area contributed by atoms with Crippen molar-refractivity contribution in [2.24, 2.45) is 0 Å². The predicted octanol–water partition coefficient (Wildman–Crippen LogP) is 3.51. The average molecular weight is 342 g/mol. The minimum Gasteiger partial charge on any atom is -0.497 e. The van der Waals surface area contributed by atoms with E-state index in [4.69, 9.17) is 4.74 Å². The van der Waals surface area contributed by atoms with Gasteiger partial charge in [-0.15, -0.1) is 0 Å². The standard InChI is InChI=1S/C20H26N2O3/c1-14(21-19(24)22-20(13-23)9-3-4-10-20)15-5-6-17-12-18(25-2)8-7-16(17)11-15/h5-8,11-12,14,23H,3-4,9-10,13H2,1-2H3,(H2,21,22,24)/t14-/m1/s1. The second-order valence-corrected chi connectivity index (χ2v) is 6.94. The molecule has 2 aromatic carbocycles. The van der Waals surface area contributed by atoms with E-state index in [1.807, 2.05) is 37.3 Å². The number of nitrogens with one attached hydrogen (secondary N) is 2. The average Bonchev–Trinajstić information content (AvgIpc) is 3.09. The molecular formula is C20H26N2O3. The van der Waals surface area contributed by atoms with E-state index in [0.29, 0.717) is 0 Å². The molecule has 0 saturated heterocycles. The van der Waals surface area contributed by atoms with E-state index in [1.165, 1.54) is 0 Å². The van der Waals surface area contributed by atoms with Crippen molar-refractivity contribution in [1.29, 1.82) is 0 Å². The zero-order valence-corrected chi connectivity index (χ0v) is 14.8. The fourth-order valence-corrected chi connectivity index (χ4v) is 3.57. The maximum absolute atomic E-state index is 12.3. The maximum atomic E-state index is 12.3. The van der Waals surface area contributed by atoms with Gasteiger partial charge in [0.05, 0.1) is 25.3 Å². The summed E-state index contributed by atoms with van der Waals surface area (Å²) in [6, 6.07) is 11.7. The molecule has 1 fully saturated rings. The lowest BCUT2D eigenvalue weighted by Crippen LogP contribution is -2.53. The molecule has 5 heteroatoms. The molecular weight excluding hydrogens is 316 g/mol. The van der Waals surface area contributed by atoms with Crippen LogP contribution in [0.1, 0.15) is 44.2 Å². The van der Waals surface area contributed by atoms with Crippen LogP contribution in [0, 0.1) is 0 Å². The van der Waals surface area contributed by atoms with E-state index in [0.717, 1.165) is 47.8 Å². The Balaban J connectivity index is 1.69. The molecule has 0 bridgehead atoms. The molecule has 0 unspecified atom stereocenters. The van der Waals surface area contributed by atoms with E-state index in [2.05, 4.69) is 16.7 Å². The third kappa shape index (κ3) is 3.87. The van der Waals surface area contributed by atoms with Gasteiger partial charge in [-0.05, 0) is 54.3 Å². The van der Waals surface area contributed by atoms with Crippen molar-refractivity contribution in [3.05, 3.63) is 42.0 Å². The summed E-state index contributed by atoms with van der Waals surface area (Å²) in [7, 11) is 1.66. The van der Waals surface area contributed by atoms with Gasteiger partial charge in [0.2, 0.25) is 0 Å². The van der Waals surface area contributed by atoms with Crippen LogP contribution in [0.2, 0.25) is 0 Å². The van der Waals surface area contributed by atoms with Crippen molar-refractivity contribution < 1.29 is 14.6 Å². The number of methoxy groups -OCH3 is 1. The smallest absolute Gasteiger partial charge is 0.315 e. The van der Waals surface area contributed by atoms with Crippen LogP contribution >= 0.6 is 0 Å². The lowest BCUT2D eigenvalue weighted by Gasteiger charge is -2.29. The first kappa shape index (κ1) is 17.5. The largest absolute Gasteiger partial charge is 0.497 e. The highest BCUT2D eigenvalue weighted by Gasteiger charge is 2.34. The highest BCUT2D eigenvalue weighted by Crippen LogP contribution is 2.29. The summed E-state index contributed by atoms with van der Waals surface area (Å²) in [5.74, 6) is 0.830. The summed E-state index contributed by atoms with van der Waals surface area (Å²) in [6.07, 6.45) is 3.77. The second-order valence-electron chi connectivity index (χ2n) is 6.94. The van der Waals surface area contributed by atoms with Crippen LogP contribution in [0.25, 0.3) is 10.8 Å². The van der Waals surface area contributed by atoms with Gasteiger partial charge in [0.15, 0.2) is 0 Å². The molecule has 0 aromatic heterocycles. The Hall–Kier alpha value is -2.27. The third-order valence-corrected chi connectivity index (χ3v) is 5.16. The predicted molar refractivity (Wildman–Crippen MR) is 98.9 cm³/mol. The minimum atomic E-state index is -0.455. The molecule has 25 heavy (non-hydrogen) atoms. The van der Waals surface area contributed by atoms with Crippen LogP contribution in [-0.2, 0) is 0 Å². The molecule has 1 aliphatic rings. The highest BCUT2D eigenvalue weighted by atomic mass is 16.5. The van der Waals surface area contributed by atoms with Crippen molar-refractivity contribution in [3.8, 4) is 5.75 Å². The first-order valence-electron chi connectivity index (χ1n) is 8.82. The summed E-state index contributed by atoms with van der Waals surface area (Å²) in [6.45, 7) is 1.96. The molecule has 5 nitrogen and oxygen atoms in total. The number of rotatable bonds is 5. The molecule has 1 saturated carbocycles. The van der Waals surface area contributed by atoms with Crippen molar-refractivity contribution in [2.75, 3.05) is 13.7 Å². The van der Waals surface area contributed by atoms with Crippen molar-refractivity contribution in [1.82, 2.24) is 10.6 Å². The molecule has 1 aliphatic carbocycles. The first-order valence-corrected chi connectivity index (χ1v) is 8.82. The Kier molecular flexibility index (Phi) is 5.13. The Labute approximate surface area is 148 Å². The Morgan fingerprint density at radius 3 is 2.56 bits per heavy atom. The molecule has 1 atom stereocenters. The van der Waals surface area contributed by atoms with Crippen LogP contribution in [0.5, 0.6) is 5.75 Å². The van der Waals surface area contributed by atoms with Gasteiger partial charge in [-0.2, -0.15) is 0 Å². The van der Waals surface area contributed by atoms with Gasteiger partial charge in [0, 0.05) is 0 Å². The zero-order chi connectivity index (χ0) is 17.9. The van der Waals surface area contributed by atoms with Crippen molar-refractivity contribution in [2.45, 2.75) is 44.2 Å². The molecule has 0 radical (unpaired) electrons. The van der Waals surface area contributed by atoms with Crippen LogP contribution < -0.4 is 15.4 Å². The number of carbonyl (C=O) groups excluding carboxylic acids is 1. The monoisotopic (exact) mass is 342 g/mol. The number of aliphatic hydroxyl groups excluding tert-OH is 1. The lowest BCUT2D eigenvalue weighted by molar-refractivity contribution is 0.162. The minimum absolute atomic E-state index is 0.00733. The van der Waals surface area contributed by atoms with Crippen LogP contribution in [0.4, 0.5) is 4.79 Å². The highest BCUT2D eigenvalue weighted by molar-refractivity contribution is 5.85. The van der Waals surface area contributed by atoms with E-state index in [1.54, 1.807) is 7.11 Å². The number of hydrogen-bond acceptors (Lipinski definition) is 3. The number of aliphatic hydroxyl groups is 1. The van der Waals surface area contributed by atoms with Gasteiger partial charge < -0.3 is 20.5 Å². The number of benzene rings is 2. The summed E-state index contributed by atoms with van der Waals surface area (Å²) in [5, 5.41) is 17.8. The molecule has 2 amide bonds. The Bertz CT molecular complexity index is 754. The van der Waals surface area contributed by atoms with Gasteiger partial charge in [-0.25, -0.2) is 4.79 Å². The Morgan fingerprint density at radius 1 is 1.20 bits per heavy atom. The van der Waals surface area contributed by atoms with Crippen molar-refractivity contribution in [3.63, 3.8) is 0 Å². The quantitative estimate of drug-likeness (QED) is 0.779. The summed E-state index contributed by atoms with van der Waals surface area (Å²) < 4.78 is 5.25. The molecule has 3 N–H and O–H groups in total. The topological polar surface area (TPSA) is 70.6 Å². The van der Waals surface area contributed by atoms with E-state index in [9.17, 15) is 9.90 Å². The fraction of sp³-hybridized carbons (Fsp3) is 0.450. The molecule has 3 rings (SSSR count). The molecule has 2 aromatic rings. The normalized spacial score (nSPS) is 17.2. The number of hydrogen-bond donors (Lipinski definition) is 3. The summed E-state index contributed by atoms with van der Waals surface area (Å²) >= 11 is 0. The Morgan fingerprint density at radius 2 is 1.88 bits per heavy atom. The molecule has 134 valence electrons. The van der Waals surface area contributed by atoms with Gasteiger partial charge in [-0.1, -0.05) is 31.0 Å². The summed E-state index contributed by atoms with van der Waals surface area (Å²) in [4.78, 5) is 12.3. The van der Waals surface area contributed by atoms with Gasteiger partial charge in [0.25, 0.3) is 0 Å². The maximum Gasteiger partial charge on any atom is 0.315 e. The summed E-state index contributed by atoms with van der Waals surface area (Å²) in [5.41, 5.74) is 0.585. The molecule has 0 spiro atoms. The molecule has 0 aliphatic heterocycles. The third-order valence-electron chi connectivity index (χ3n) is 5.16. The number of carbonyl (C=O) groups is 1. The van der Waals surface area contributed by atoms with Gasteiger partial charge >= 0.3 is 6.03 Å². The lowest BCUT2D eigenvalue weighted by atomic mass is 9.99. The van der Waals surface area contributed by atoms with Crippen LogP contribution in [0.3, 0.4) is 0 Å². The van der Waals surface area contributed by atoms with Gasteiger partial charge in [-0.3, -0.25) is 0 Å². The number of amides is 2. The number of ether oxygens (including phenoxy) is 1. The first-order chi connectivity index (χ1) is 12.0. The van der Waals surface area contributed by atoms with Gasteiger partial charge in [0.1, 0.15) is 5.75 Å². The zero-order valence-electron chi connectivity index (χ0n) is 14.8. The van der Waals surface area contributed by atoms with Crippen molar-refractivity contribution >= 4 is 16.8 Å². The van der Waals surface area contributed by atoms with Crippen LogP contribution in [-0.4, -0.2) is 30.4 Å². The SMILES string of the molecule is COc1ccc2cc([C@@H](C)NC(=O)NC3(CO)CCCC3)ccc2c1. The molecule has 0 heterocycles. The number of fused-ring (bicyclic) bond motifs is 1. The van der Waals surface area contributed by atoms with E-state index < -0.39 is 5.54 Å². The fourth-order valence-electron chi connectivity index (χ4n) is 3.57.